The number of hydrogen-bond donors (Lipinski definition) is 1. The van der Waals surface area contributed by atoms with Crippen molar-refractivity contribution in [3.63, 3.8) is 0 Å². The Hall–Kier alpha value is -0.820. The van der Waals surface area contributed by atoms with Crippen molar-refractivity contribution in [3.05, 3.63) is 35.4 Å². The molecule has 1 atom stereocenters. The van der Waals surface area contributed by atoms with E-state index < -0.39 is 0 Å². The van der Waals surface area contributed by atoms with Gasteiger partial charge in [0.2, 0.25) is 0 Å². The molecule has 1 N–H and O–H groups in total. The lowest BCUT2D eigenvalue weighted by Gasteiger charge is -2.41. The Morgan fingerprint density at radius 3 is 2.43 bits per heavy atom. The van der Waals surface area contributed by atoms with Crippen LogP contribution in [0.2, 0.25) is 0 Å². The van der Waals surface area contributed by atoms with E-state index in [1.807, 2.05) is 0 Å². The Bertz CT molecular complexity index is 498. The second kappa shape index (κ2) is 5.12. The summed E-state index contributed by atoms with van der Waals surface area (Å²) in [6, 6.07) is 9.65. The van der Waals surface area contributed by atoms with E-state index in [2.05, 4.69) is 43.4 Å². The number of fused-ring (bicyclic) bond motifs is 1. The van der Waals surface area contributed by atoms with E-state index in [-0.39, 0.29) is 0 Å². The molecule has 0 amide bonds. The molecule has 2 saturated carbocycles. The van der Waals surface area contributed by atoms with Crippen molar-refractivity contribution in [1.82, 2.24) is 5.32 Å². The average molecular weight is 283 g/mol. The molecule has 3 aliphatic rings. The zero-order valence-electron chi connectivity index (χ0n) is 13.6. The fourth-order valence-corrected chi connectivity index (χ4v) is 4.47. The van der Waals surface area contributed by atoms with Gasteiger partial charge in [0.25, 0.3) is 0 Å². The van der Waals surface area contributed by atoms with Crippen LogP contribution in [0.15, 0.2) is 24.3 Å². The molecule has 1 unspecified atom stereocenters. The van der Waals surface area contributed by atoms with E-state index >= 15 is 0 Å². The topological polar surface area (TPSA) is 12.0 Å². The molecule has 21 heavy (non-hydrogen) atoms. The minimum Gasteiger partial charge on any atom is -0.309 e. The highest BCUT2D eigenvalue weighted by molar-refractivity contribution is 5.34. The Kier molecular flexibility index (Phi) is 3.37. The Balaban J connectivity index is 1.51. The van der Waals surface area contributed by atoms with Crippen LogP contribution in [0.3, 0.4) is 0 Å². The van der Waals surface area contributed by atoms with E-state index in [0.717, 1.165) is 17.8 Å². The molecular formula is C20H29N. The van der Waals surface area contributed by atoms with Crippen molar-refractivity contribution in [2.24, 2.45) is 23.2 Å². The summed E-state index contributed by atoms with van der Waals surface area (Å²) >= 11 is 0. The van der Waals surface area contributed by atoms with E-state index in [4.69, 9.17) is 0 Å². The molecule has 0 aliphatic heterocycles. The molecule has 1 aromatic carbocycles. The van der Waals surface area contributed by atoms with Crippen LogP contribution in [0, 0.1) is 23.2 Å². The summed E-state index contributed by atoms with van der Waals surface area (Å²) in [5.41, 5.74) is 3.52. The first kappa shape index (κ1) is 13.8. The molecule has 0 bridgehead atoms. The number of nitrogens with one attached hydrogen (secondary N) is 1. The smallest absolute Gasteiger partial charge is 0.0374 e. The van der Waals surface area contributed by atoms with Crippen LogP contribution in [0.25, 0.3) is 0 Å². The maximum absolute atomic E-state index is 4.01. The first-order valence-electron chi connectivity index (χ1n) is 8.96. The van der Waals surface area contributed by atoms with Crippen LogP contribution in [-0.4, -0.2) is 6.54 Å². The lowest BCUT2D eigenvalue weighted by Crippen LogP contribution is -2.40. The van der Waals surface area contributed by atoms with Crippen molar-refractivity contribution < 1.29 is 0 Å². The van der Waals surface area contributed by atoms with Gasteiger partial charge in [0.1, 0.15) is 0 Å². The van der Waals surface area contributed by atoms with Crippen LogP contribution >= 0.6 is 0 Å². The Morgan fingerprint density at radius 2 is 1.76 bits per heavy atom. The van der Waals surface area contributed by atoms with Crippen LogP contribution < -0.4 is 5.32 Å². The molecular weight excluding hydrogens is 254 g/mol. The fourth-order valence-electron chi connectivity index (χ4n) is 4.47. The molecule has 0 aromatic heterocycles. The van der Waals surface area contributed by atoms with Gasteiger partial charge in [-0.25, -0.2) is 0 Å². The van der Waals surface area contributed by atoms with Crippen molar-refractivity contribution >= 4 is 0 Å². The zero-order chi connectivity index (χ0) is 14.4. The quantitative estimate of drug-likeness (QED) is 0.824. The number of rotatable bonds is 5. The summed E-state index contributed by atoms with van der Waals surface area (Å²) in [7, 11) is 0. The minimum atomic E-state index is 0.381. The first-order chi connectivity index (χ1) is 10.1. The highest BCUT2D eigenvalue weighted by Gasteiger charge is 2.42. The van der Waals surface area contributed by atoms with Crippen molar-refractivity contribution in [1.29, 1.82) is 0 Å². The van der Waals surface area contributed by atoms with Gasteiger partial charge in [-0.3, -0.25) is 0 Å². The third kappa shape index (κ3) is 2.77. The maximum Gasteiger partial charge on any atom is 0.0374 e. The average Bonchev–Trinajstić information content (AvgIpc) is 3.35. The Labute approximate surface area is 129 Å². The van der Waals surface area contributed by atoms with Gasteiger partial charge in [-0.2, -0.15) is 0 Å². The fraction of sp³-hybridized carbons (Fsp3) is 0.700. The van der Waals surface area contributed by atoms with Crippen molar-refractivity contribution in [2.75, 3.05) is 6.54 Å². The number of hydrogen-bond acceptors (Lipinski definition) is 1. The lowest BCUT2D eigenvalue weighted by molar-refractivity contribution is 0.195. The van der Waals surface area contributed by atoms with Gasteiger partial charge in [-0.05, 0) is 79.4 Å². The van der Waals surface area contributed by atoms with Gasteiger partial charge in [0.05, 0.1) is 0 Å². The normalized spacial score (nSPS) is 27.7. The van der Waals surface area contributed by atoms with Crippen molar-refractivity contribution in [2.45, 2.75) is 58.4 Å². The molecule has 0 spiro atoms. The lowest BCUT2D eigenvalue weighted by atomic mass is 9.70. The predicted molar refractivity (Wildman–Crippen MR) is 88.2 cm³/mol. The summed E-state index contributed by atoms with van der Waals surface area (Å²) in [5, 5.41) is 4.01. The third-order valence-electron chi connectivity index (χ3n) is 6.20. The summed E-state index contributed by atoms with van der Waals surface area (Å²) < 4.78 is 0. The summed E-state index contributed by atoms with van der Waals surface area (Å²) in [4.78, 5) is 0. The largest absolute Gasteiger partial charge is 0.309 e. The molecule has 1 heteroatoms. The van der Waals surface area contributed by atoms with Crippen LogP contribution in [0.1, 0.15) is 63.1 Å². The monoisotopic (exact) mass is 283 g/mol. The van der Waals surface area contributed by atoms with Crippen molar-refractivity contribution in [3.8, 4) is 0 Å². The molecule has 0 heterocycles. The van der Waals surface area contributed by atoms with E-state index in [1.54, 1.807) is 11.1 Å². The van der Waals surface area contributed by atoms with Gasteiger partial charge >= 0.3 is 0 Å². The van der Waals surface area contributed by atoms with E-state index in [1.165, 1.54) is 45.1 Å². The summed E-state index contributed by atoms with van der Waals surface area (Å²) in [6.07, 6.45) is 8.53. The van der Waals surface area contributed by atoms with Crippen LogP contribution in [0.4, 0.5) is 0 Å². The second-order valence-electron chi connectivity index (χ2n) is 8.37. The van der Waals surface area contributed by atoms with E-state index in [9.17, 15) is 0 Å². The predicted octanol–water partition coefficient (Wildman–Crippen LogP) is 4.73. The van der Waals surface area contributed by atoms with Crippen LogP contribution in [0.5, 0.6) is 0 Å². The summed E-state index contributed by atoms with van der Waals surface area (Å²) in [6.45, 7) is 6.14. The molecule has 114 valence electrons. The highest BCUT2D eigenvalue weighted by atomic mass is 14.9. The maximum atomic E-state index is 4.01. The van der Waals surface area contributed by atoms with Gasteiger partial charge < -0.3 is 5.32 Å². The second-order valence-corrected chi connectivity index (χ2v) is 8.37. The number of benzene rings is 1. The Morgan fingerprint density at radius 1 is 1.10 bits per heavy atom. The minimum absolute atomic E-state index is 0.381. The molecule has 1 nitrogen and oxygen atoms in total. The van der Waals surface area contributed by atoms with Gasteiger partial charge in [-0.15, -0.1) is 0 Å². The molecule has 0 saturated heterocycles. The molecule has 3 aliphatic carbocycles. The molecule has 0 radical (unpaired) electrons. The SMILES string of the molecule is CC1(C)CCc2ccccc2C1NCC(C1CC1)C1CC1. The number of aryl methyl sites for hydroxylation is 1. The van der Waals surface area contributed by atoms with Gasteiger partial charge in [0, 0.05) is 6.04 Å². The van der Waals surface area contributed by atoms with Gasteiger partial charge in [0.15, 0.2) is 0 Å². The van der Waals surface area contributed by atoms with Gasteiger partial charge in [-0.1, -0.05) is 38.1 Å². The third-order valence-corrected chi connectivity index (χ3v) is 6.20. The first-order valence-corrected chi connectivity index (χ1v) is 8.96. The zero-order valence-corrected chi connectivity index (χ0v) is 13.6. The highest BCUT2D eigenvalue weighted by Crippen LogP contribution is 2.50. The standard InChI is InChI=1S/C20H29N/c1-20(2)12-11-14-5-3-4-6-17(14)19(20)21-13-18(15-7-8-15)16-9-10-16/h3-6,15-16,18-19,21H,7-13H2,1-2H3. The molecule has 2 fully saturated rings. The molecule has 4 rings (SSSR count). The summed E-state index contributed by atoms with van der Waals surface area (Å²) in [5.74, 6) is 3.06. The van der Waals surface area contributed by atoms with Crippen LogP contribution in [-0.2, 0) is 6.42 Å². The van der Waals surface area contributed by atoms with E-state index in [0.29, 0.717) is 11.5 Å². The molecule has 1 aromatic rings.